The number of amides is 2. The molecular formula is C23H24N2O5. The number of rotatable bonds is 10. The molecule has 2 aromatic rings. The molecule has 0 aliphatic carbocycles. The van der Waals surface area contributed by atoms with Crippen LogP contribution in [0.15, 0.2) is 60.7 Å². The molecule has 0 spiro atoms. The van der Waals surface area contributed by atoms with Crippen LogP contribution in [0.25, 0.3) is 0 Å². The summed E-state index contributed by atoms with van der Waals surface area (Å²) in [5.74, 6) is -0.182. The second kappa shape index (κ2) is 11.4. The molecule has 0 aliphatic heterocycles. The molecule has 7 nitrogen and oxygen atoms in total. The molecule has 0 unspecified atom stereocenters. The van der Waals surface area contributed by atoms with Crippen molar-refractivity contribution in [1.29, 1.82) is 0 Å². The Bertz CT molecular complexity index is 893. The van der Waals surface area contributed by atoms with Crippen LogP contribution < -0.4 is 10.6 Å². The topological polar surface area (TPSA) is 116 Å². The van der Waals surface area contributed by atoms with E-state index in [1.807, 2.05) is 0 Å². The Balaban J connectivity index is 2.18. The molecule has 7 heteroatoms. The third-order valence-corrected chi connectivity index (χ3v) is 4.49. The monoisotopic (exact) mass is 408 g/mol. The lowest BCUT2D eigenvalue weighted by Gasteiger charge is -2.25. The minimum atomic E-state index is -1.70. The molecule has 2 amide bonds. The highest BCUT2D eigenvalue weighted by Gasteiger charge is 2.32. The Morgan fingerprint density at radius 1 is 0.967 bits per heavy atom. The number of nitrogens with one attached hydrogen (secondary N) is 2. The number of aliphatic hydroxyl groups is 1. The first-order chi connectivity index (χ1) is 14.4. The molecule has 156 valence electrons. The molecule has 0 radical (unpaired) electrons. The molecule has 3 atom stereocenters. The highest BCUT2D eigenvalue weighted by Crippen LogP contribution is 2.19. The molecule has 0 saturated heterocycles. The number of carboxylic acids is 1. The number of unbranched alkanes of at least 4 members (excludes halogenated alkanes) is 1. The number of benzene rings is 2. The average molecular weight is 408 g/mol. The summed E-state index contributed by atoms with van der Waals surface area (Å²) in [7, 11) is 0. The van der Waals surface area contributed by atoms with E-state index in [2.05, 4.69) is 16.6 Å². The molecule has 4 N–H and O–H groups in total. The SMILES string of the molecule is C#CCCC[C@H](NC(=O)[C@H](O)[C@@H](NC(=O)c1ccccc1)c1ccccc1)C(=O)O. The standard InChI is InChI=1S/C23H24N2O5/c1-2-3-6-15-18(23(29)30)24-22(28)20(26)19(16-11-7-4-8-12-16)25-21(27)17-13-9-5-10-14-17/h1,4-5,7-14,18-20,26H,3,6,15H2,(H,24,28)(H,25,27)(H,29,30)/t18-,19-,20+/m0/s1. The fourth-order valence-corrected chi connectivity index (χ4v) is 2.89. The Labute approximate surface area is 175 Å². The lowest BCUT2D eigenvalue weighted by Crippen LogP contribution is -2.50. The van der Waals surface area contributed by atoms with E-state index in [9.17, 15) is 24.6 Å². The van der Waals surface area contributed by atoms with Crippen LogP contribution in [0, 0.1) is 12.3 Å². The number of hydrogen-bond donors (Lipinski definition) is 4. The van der Waals surface area contributed by atoms with Crippen molar-refractivity contribution >= 4 is 17.8 Å². The minimum absolute atomic E-state index is 0.129. The fraction of sp³-hybridized carbons (Fsp3) is 0.261. The summed E-state index contributed by atoms with van der Waals surface area (Å²) < 4.78 is 0. The third-order valence-electron chi connectivity index (χ3n) is 4.49. The van der Waals surface area contributed by atoms with Gasteiger partial charge in [0.15, 0.2) is 6.10 Å². The second-order valence-electron chi connectivity index (χ2n) is 6.67. The van der Waals surface area contributed by atoms with Gasteiger partial charge in [0, 0.05) is 12.0 Å². The van der Waals surface area contributed by atoms with E-state index in [-0.39, 0.29) is 6.42 Å². The van der Waals surface area contributed by atoms with Crippen LogP contribution in [-0.4, -0.2) is 40.1 Å². The zero-order valence-corrected chi connectivity index (χ0v) is 16.3. The number of carboxylic acid groups (broad SMARTS) is 1. The van der Waals surface area contributed by atoms with Crippen LogP contribution in [-0.2, 0) is 9.59 Å². The number of aliphatic carboxylic acids is 1. The minimum Gasteiger partial charge on any atom is -0.480 e. The molecule has 0 fully saturated rings. The van der Waals surface area contributed by atoms with E-state index in [0.29, 0.717) is 24.0 Å². The van der Waals surface area contributed by atoms with Crippen LogP contribution in [0.3, 0.4) is 0 Å². The van der Waals surface area contributed by atoms with Crippen LogP contribution in [0.4, 0.5) is 0 Å². The van der Waals surface area contributed by atoms with Gasteiger partial charge < -0.3 is 20.8 Å². The van der Waals surface area contributed by atoms with Gasteiger partial charge in [0.25, 0.3) is 11.8 Å². The molecule has 2 aromatic carbocycles. The highest BCUT2D eigenvalue weighted by molar-refractivity contribution is 5.95. The van der Waals surface area contributed by atoms with Gasteiger partial charge >= 0.3 is 5.97 Å². The van der Waals surface area contributed by atoms with Gasteiger partial charge in [-0.15, -0.1) is 12.3 Å². The van der Waals surface area contributed by atoms with Crippen molar-refractivity contribution in [2.75, 3.05) is 0 Å². The molecule has 0 aliphatic rings. The summed E-state index contributed by atoms with van der Waals surface area (Å²) in [5, 5.41) is 25.0. The van der Waals surface area contributed by atoms with Gasteiger partial charge in [0.1, 0.15) is 6.04 Å². The zero-order chi connectivity index (χ0) is 21.9. The molecule has 0 bridgehead atoms. The molecular weight excluding hydrogens is 384 g/mol. The lowest BCUT2D eigenvalue weighted by atomic mass is 9.99. The summed E-state index contributed by atoms with van der Waals surface area (Å²) in [6.45, 7) is 0. The summed E-state index contributed by atoms with van der Waals surface area (Å²) in [4.78, 5) is 36.6. The second-order valence-corrected chi connectivity index (χ2v) is 6.67. The van der Waals surface area contributed by atoms with E-state index in [0.717, 1.165) is 0 Å². The number of hydrogen-bond acceptors (Lipinski definition) is 4. The summed E-state index contributed by atoms with van der Waals surface area (Å²) in [6.07, 6.45) is 4.39. The van der Waals surface area contributed by atoms with E-state index < -0.39 is 36.0 Å². The normalized spacial score (nSPS) is 13.3. The molecule has 0 heterocycles. The zero-order valence-electron chi connectivity index (χ0n) is 16.3. The predicted molar refractivity (Wildman–Crippen MR) is 111 cm³/mol. The quantitative estimate of drug-likeness (QED) is 0.354. The van der Waals surface area contributed by atoms with Crippen molar-refractivity contribution < 1.29 is 24.6 Å². The van der Waals surface area contributed by atoms with Crippen LogP contribution in [0.5, 0.6) is 0 Å². The third kappa shape index (κ3) is 6.47. The number of carbonyl (C=O) groups excluding carboxylic acids is 2. The molecule has 30 heavy (non-hydrogen) atoms. The van der Waals surface area contributed by atoms with Crippen molar-refractivity contribution in [1.82, 2.24) is 10.6 Å². The largest absolute Gasteiger partial charge is 0.480 e. The van der Waals surface area contributed by atoms with Crippen molar-refractivity contribution in [3.8, 4) is 12.3 Å². The lowest BCUT2D eigenvalue weighted by molar-refractivity contribution is -0.144. The number of carbonyl (C=O) groups is 3. The first-order valence-corrected chi connectivity index (χ1v) is 9.49. The van der Waals surface area contributed by atoms with Gasteiger partial charge in [0.2, 0.25) is 0 Å². The van der Waals surface area contributed by atoms with Gasteiger partial charge in [0.05, 0.1) is 6.04 Å². The summed E-state index contributed by atoms with van der Waals surface area (Å²) >= 11 is 0. The first-order valence-electron chi connectivity index (χ1n) is 9.49. The Morgan fingerprint density at radius 3 is 2.13 bits per heavy atom. The van der Waals surface area contributed by atoms with Crippen LogP contribution >= 0.6 is 0 Å². The van der Waals surface area contributed by atoms with E-state index in [4.69, 9.17) is 6.42 Å². The number of aliphatic hydroxyl groups excluding tert-OH is 1. The Morgan fingerprint density at radius 2 is 1.57 bits per heavy atom. The van der Waals surface area contributed by atoms with Gasteiger partial charge in [-0.3, -0.25) is 9.59 Å². The number of terminal acetylenes is 1. The Kier molecular flexibility index (Phi) is 8.60. The summed E-state index contributed by atoms with van der Waals surface area (Å²) in [5.41, 5.74) is 0.868. The average Bonchev–Trinajstić information content (AvgIpc) is 2.77. The van der Waals surface area contributed by atoms with E-state index in [1.165, 1.54) is 0 Å². The van der Waals surface area contributed by atoms with Crippen LogP contribution in [0.1, 0.15) is 41.2 Å². The van der Waals surface area contributed by atoms with Crippen molar-refractivity contribution in [3.63, 3.8) is 0 Å². The summed E-state index contributed by atoms with van der Waals surface area (Å²) in [6, 6.07) is 14.6. The predicted octanol–water partition coefficient (Wildman–Crippen LogP) is 1.89. The maximum Gasteiger partial charge on any atom is 0.326 e. The molecule has 0 saturated carbocycles. The maximum absolute atomic E-state index is 12.6. The van der Waals surface area contributed by atoms with Gasteiger partial charge in [-0.25, -0.2) is 4.79 Å². The van der Waals surface area contributed by atoms with Crippen molar-refractivity contribution in [2.24, 2.45) is 0 Å². The fourth-order valence-electron chi connectivity index (χ4n) is 2.89. The van der Waals surface area contributed by atoms with Gasteiger partial charge in [-0.2, -0.15) is 0 Å². The van der Waals surface area contributed by atoms with Crippen LogP contribution in [0.2, 0.25) is 0 Å². The van der Waals surface area contributed by atoms with E-state index in [1.54, 1.807) is 60.7 Å². The first kappa shape index (κ1) is 22.7. The van der Waals surface area contributed by atoms with Crippen molar-refractivity contribution in [3.05, 3.63) is 71.8 Å². The van der Waals surface area contributed by atoms with E-state index >= 15 is 0 Å². The highest BCUT2D eigenvalue weighted by atomic mass is 16.4. The van der Waals surface area contributed by atoms with Gasteiger partial charge in [-0.05, 0) is 30.5 Å². The molecule has 2 rings (SSSR count). The van der Waals surface area contributed by atoms with Gasteiger partial charge in [-0.1, -0.05) is 48.5 Å². The van der Waals surface area contributed by atoms with Crippen molar-refractivity contribution in [2.45, 2.75) is 37.5 Å². The Hall–Kier alpha value is -3.63. The smallest absolute Gasteiger partial charge is 0.326 e. The molecule has 0 aromatic heterocycles. The maximum atomic E-state index is 12.6.